The molecule has 0 aliphatic heterocycles. The first kappa shape index (κ1) is 17.7. The normalized spacial score (nSPS) is 10.7. The first-order chi connectivity index (χ1) is 12.6. The second-order valence-electron chi connectivity index (χ2n) is 5.89. The number of ketones is 1. The van der Waals surface area contributed by atoms with Gasteiger partial charge in [-0.2, -0.15) is 0 Å². The lowest BCUT2D eigenvalue weighted by atomic mass is 9.98. The van der Waals surface area contributed by atoms with E-state index in [1.807, 2.05) is 18.2 Å². The summed E-state index contributed by atoms with van der Waals surface area (Å²) in [4.78, 5) is 24.5. The number of furan rings is 1. The number of carbonyl (C=O) groups excluding carboxylic acids is 2. The molecule has 5 nitrogen and oxygen atoms in total. The molecule has 0 saturated heterocycles. The fourth-order valence-corrected chi connectivity index (χ4v) is 2.91. The Hall–Kier alpha value is -3.08. The van der Waals surface area contributed by atoms with Crippen LogP contribution in [-0.2, 0) is 16.0 Å². The number of hydrogen-bond acceptors (Lipinski definition) is 5. The van der Waals surface area contributed by atoms with Crippen molar-refractivity contribution in [3.8, 4) is 5.75 Å². The molecule has 3 rings (SSSR count). The van der Waals surface area contributed by atoms with Crippen molar-refractivity contribution in [3.63, 3.8) is 0 Å². The first-order valence-corrected chi connectivity index (χ1v) is 8.40. The van der Waals surface area contributed by atoms with Crippen LogP contribution in [0.15, 0.2) is 52.9 Å². The number of carbonyl (C=O) groups is 2. The largest absolute Gasteiger partial charge is 0.497 e. The van der Waals surface area contributed by atoms with E-state index >= 15 is 0 Å². The monoisotopic (exact) mass is 352 g/mol. The van der Waals surface area contributed by atoms with Gasteiger partial charge >= 0.3 is 5.97 Å². The van der Waals surface area contributed by atoms with Crippen molar-refractivity contribution < 1.29 is 23.5 Å². The summed E-state index contributed by atoms with van der Waals surface area (Å²) in [6, 6.07) is 14.5. The van der Waals surface area contributed by atoms with E-state index in [0.717, 1.165) is 0 Å². The standard InChI is InChI=1S/C21H20O5/c1-24-15-11-12-17-16(13-15)20(21(23)14-7-4-3-5-8-14)18(26-17)9-6-10-19(22)25-2/h3-5,7-8,11-13H,6,9-10H2,1-2H3. The van der Waals surface area contributed by atoms with Crippen molar-refractivity contribution in [1.29, 1.82) is 0 Å². The summed E-state index contributed by atoms with van der Waals surface area (Å²) in [6.45, 7) is 0. The van der Waals surface area contributed by atoms with Gasteiger partial charge in [0.05, 0.1) is 19.8 Å². The van der Waals surface area contributed by atoms with Crippen LogP contribution in [0, 0.1) is 0 Å². The van der Waals surface area contributed by atoms with Crippen molar-refractivity contribution >= 4 is 22.7 Å². The number of rotatable bonds is 7. The second-order valence-corrected chi connectivity index (χ2v) is 5.89. The van der Waals surface area contributed by atoms with Gasteiger partial charge in [0.1, 0.15) is 17.1 Å². The zero-order valence-electron chi connectivity index (χ0n) is 14.8. The fraction of sp³-hybridized carbons (Fsp3) is 0.238. The molecule has 0 aliphatic rings. The first-order valence-electron chi connectivity index (χ1n) is 8.40. The molecule has 0 radical (unpaired) electrons. The van der Waals surface area contributed by atoms with E-state index in [2.05, 4.69) is 4.74 Å². The number of aryl methyl sites for hydroxylation is 1. The molecular formula is C21H20O5. The minimum Gasteiger partial charge on any atom is -0.497 e. The Bertz CT molecular complexity index is 924. The van der Waals surface area contributed by atoms with Crippen LogP contribution in [0.1, 0.15) is 34.5 Å². The van der Waals surface area contributed by atoms with Crippen molar-refractivity contribution in [2.45, 2.75) is 19.3 Å². The molecule has 5 heteroatoms. The van der Waals surface area contributed by atoms with E-state index in [4.69, 9.17) is 9.15 Å². The lowest BCUT2D eigenvalue weighted by molar-refractivity contribution is -0.140. The maximum absolute atomic E-state index is 13.1. The van der Waals surface area contributed by atoms with Gasteiger partial charge in [-0.15, -0.1) is 0 Å². The molecule has 0 bridgehead atoms. The van der Waals surface area contributed by atoms with E-state index in [1.54, 1.807) is 37.4 Å². The molecule has 0 saturated carbocycles. The molecule has 0 unspecified atom stereocenters. The highest BCUT2D eigenvalue weighted by Crippen LogP contribution is 2.32. The summed E-state index contributed by atoms with van der Waals surface area (Å²) in [6.07, 6.45) is 1.29. The van der Waals surface area contributed by atoms with Crippen molar-refractivity contribution in [3.05, 3.63) is 65.4 Å². The summed E-state index contributed by atoms with van der Waals surface area (Å²) < 4.78 is 15.9. The fourth-order valence-electron chi connectivity index (χ4n) is 2.91. The van der Waals surface area contributed by atoms with Crippen molar-refractivity contribution in [2.75, 3.05) is 14.2 Å². The Morgan fingerprint density at radius 1 is 1.04 bits per heavy atom. The second kappa shape index (κ2) is 7.87. The Kier molecular flexibility index (Phi) is 5.37. The minimum atomic E-state index is -0.279. The van der Waals surface area contributed by atoms with Gasteiger partial charge in [-0.1, -0.05) is 30.3 Å². The van der Waals surface area contributed by atoms with E-state index in [0.29, 0.717) is 46.4 Å². The zero-order valence-corrected chi connectivity index (χ0v) is 14.8. The van der Waals surface area contributed by atoms with Gasteiger partial charge in [0.25, 0.3) is 0 Å². The summed E-state index contributed by atoms with van der Waals surface area (Å²) in [5.41, 5.74) is 1.74. The predicted molar refractivity (Wildman–Crippen MR) is 97.6 cm³/mol. The van der Waals surface area contributed by atoms with Gasteiger partial charge in [-0.3, -0.25) is 9.59 Å². The van der Waals surface area contributed by atoms with E-state index < -0.39 is 0 Å². The maximum atomic E-state index is 13.1. The molecule has 134 valence electrons. The average molecular weight is 352 g/mol. The Morgan fingerprint density at radius 2 is 1.81 bits per heavy atom. The molecule has 2 aromatic carbocycles. The molecule has 0 fully saturated rings. The Morgan fingerprint density at radius 3 is 2.50 bits per heavy atom. The number of hydrogen-bond donors (Lipinski definition) is 0. The number of ether oxygens (including phenoxy) is 2. The third-order valence-electron chi connectivity index (χ3n) is 4.24. The van der Waals surface area contributed by atoms with Gasteiger partial charge < -0.3 is 13.9 Å². The molecule has 3 aromatic rings. The van der Waals surface area contributed by atoms with Crippen LogP contribution in [0.2, 0.25) is 0 Å². The van der Waals surface area contributed by atoms with Crippen LogP contribution < -0.4 is 4.74 Å². The molecule has 26 heavy (non-hydrogen) atoms. The topological polar surface area (TPSA) is 65.7 Å². The van der Waals surface area contributed by atoms with Crippen molar-refractivity contribution in [2.24, 2.45) is 0 Å². The molecule has 0 spiro atoms. The van der Waals surface area contributed by atoms with Gasteiger partial charge in [0.15, 0.2) is 5.78 Å². The van der Waals surface area contributed by atoms with E-state index in [-0.39, 0.29) is 18.2 Å². The smallest absolute Gasteiger partial charge is 0.305 e. The number of benzene rings is 2. The highest BCUT2D eigenvalue weighted by Gasteiger charge is 2.22. The maximum Gasteiger partial charge on any atom is 0.305 e. The summed E-state index contributed by atoms with van der Waals surface area (Å²) in [7, 11) is 2.94. The van der Waals surface area contributed by atoms with Crippen LogP contribution in [0.4, 0.5) is 0 Å². The minimum absolute atomic E-state index is 0.106. The molecule has 0 aliphatic carbocycles. The molecular weight excluding hydrogens is 332 g/mol. The van der Waals surface area contributed by atoms with Gasteiger partial charge in [-0.05, 0) is 24.6 Å². The highest BCUT2D eigenvalue weighted by atomic mass is 16.5. The molecule has 1 aromatic heterocycles. The van der Waals surface area contributed by atoms with Gasteiger partial charge in [0, 0.05) is 23.8 Å². The molecule has 0 amide bonds. The van der Waals surface area contributed by atoms with Crippen LogP contribution in [-0.4, -0.2) is 26.0 Å². The SMILES string of the molecule is COC(=O)CCCc1oc2ccc(OC)cc2c1C(=O)c1ccccc1. The third kappa shape index (κ3) is 3.61. The third-order valence-corrected chi connectivity index (χ3v) is 4.24. The summed E-state index contributed by atoms with van der Waals surface area (Å²) >= 11 is 0. The lowest BCUT2D eigenvalue weighted by Gasteiger charge is -2.04. The van der Waals surface area contributed by atoms with Crippen molar-refractivity contribution in [1.82, 2.24) is 0 Å². The van der Waals surface area contributed by atoms with E-state index in [9.17, 15) is 9.59 Å². The van der Waals surface area contributed by atoms with Crippen LogP contribution in [0.25, 0.3) is 11.0 Å². The summed E-state index contributed by atoms with van der Waals surface area (Å²) in [5, 5.41) is 0.714. The number of methoxy groups -OCH3 is 2. The van der Waals surface area contributed by atoms with Crippen LogP contribution >= 0.6 is 0 Å². The predicted octanol–water partition coefficient (Wildman–Crippen LogP) is 4.17. The van der Waals surface area contributed by atoms with Crippen LogP contribution in [0.5, 0.6) is 5.75 Å². The Balaban J connectivity index is 2.02. The quantitative estimate of drug-likeness (QED) is 0.472. The van der Waals surface area contributed by atoms with Gasteiger partial charge in [0.2, 0.25) is 0 Å². The zero-order chi connectivity index (χ0) is 18.5. The lowest BCUT2D eigenvalue weighted by Crippen LogP contribution is -2.05. The molecule has 1 heterocycles. The van der Waals surface area contributed by atoms with Gasteiger partial charge in [-0.25, -0.2) is 0 Å². The van der Waals surface area contributed by atoms with E-state index in [1.165, 1.54) is 7.11 Å². The van der Waals surface area contributed by atoms with Crippen LogP contribution in [0.3, 0.4) is 0 Å². The molecule has 0 N–H and O–H groups in total. The molecule has 0 atom stereocenters. The number of esters is 1. The highest BCUT2D eigenvalue weighted by molar-refractivity contribution is 6.17. The summed E-state index contributed by atoms with van der Waals surface area (Å²) in [5.74, 6) is 0.844. The Labute approximate surface area is 151 Å². The number of fused-ring (bicyclic) bond motifs is 1. The average Bonchev–Trinajstić information content (AvgIpc) is 3.05.